The van der Waals surface area contributed by atoms with Gasteiger partial charge in [-0.3, -0.25) is 9.67 Å². The second kappa shape index (κ2) is 11.0. The molecule has 0 saturated carbocycles. The van der Waals surface area contributed by atoms with E-state index in [0.717, 1.165) is 34.5 Å². The van der Waals surface area contributed by atoms with E-state index in [1.807, 2.05) is 32.5 Å². The summed E-state index contributed by atoms with van der Waals surface area (Å²) in [6.45, 7) is 7.75. The van der Waals surface area contributed by atoms with E-state index in [1.165, 1.54) is 5.56 Å². The van der Waals surface area contributed by atoms with E-state index in [-0.39, 0.29) is 24.0 Å². The summed E-state index contributed by atoms with van der Waals surface area (Å²) >= 11 is 1.01. The zero-order valence-electron chi connectivity index (χ0n) is 16.4. The minimum atomic E-state index is -4.39. The topological polar surface area (TPSA) is 67.1 Å². The van der Waals surface area contributed by atoms with Crippen LogP contribution < -0.4 is 10.6 Å². The largest absolute Gasteiger partial charge is 0.434 e. The molecule has 0 amide bonds. The number of aromatic nitrogens is 3. The van der Waals surface area contributed by atoms with Crippen molar-refractivity contribution in [2.24, 2.45) is 12.0 Å². The Morgan fingerprint density at radius 1 is 1.25 bits per heavy atom. The third-order valence-corrected chi connectivity index (χ3v) is 5.02. The lowest BCUT2D eigenvalue weighted by Crippen LogP contribution is -2.38. The molecule has 2 rings (SSSR count). The summed E-state index contributed by atoms with van der Waals surface area (Å²) in [6.07, 6.45) is -3.20. The van der Waals surface area contributed by atoms with Crippen LogP contribution in [0.5, 0.6) is 0 Å². The molecule has 11 heteroatoms. The van der Waals surface area contributed by atoms with Crippen molar-refractivity contribution >= 4 is 41.3 Å². The molecule has 0 aliphatic carbocycles. The molecule has 0 aromatic carbocycles. The molecule has 0 fully saturated rings. The van der Waals surface area contributed by atoms with Crippen LogP contribution in [0.3, 0.4) is 0 Å². The summed E-state index contributed by atoms with van der Waals surface area (Å²) in [5.41, 5.74) is 2.53. The first-order valence-electron chi connectivity index (χ1n) is 8.75. The minimum absolute atomic E-state index is 0. The van der Waals surface area contributed by atoms with E-state index in [9.17, 15) is 13.2 Å². The molecule has 28 heavy (non-hydrogen) atoms. The molecule has 0 aliphatic rings. The van der Waals surface area contributed by atoms with Crippen LogP contribution in [0.25, 0.3) is 0 Å². The van der Waals surface area contributed by atoms with Gasteiger partial charge in [-0.25, -0.2) is 4.98 Å². The van der Waals surface area contributed by atoms with Crippen LogP contribution in [-0.2, 0) is 26.1 Å². The van der Waals surface area contributed by atoms with Gasteiger partial charge >= 0.3 is 6.18 Å². The highest BCUT2D eigenvalue weighted by molar-refractivity contribution is 14.0. The molecule has 0 radical (unpaired) electrons. The summed E-state index contributed by atoms with van der Waals surface area (Å²) in [7, 11) is 1.92. The fourth-order valence-corrected chi connectivity index (χ4v) is 3.44. The first-order valence-corrected chi connectivity index (χ1v) is 9.63. The Balaban J connectivity index is 0.00000392. The van der Waals surface area contributed by atoms with Gasteiger partial charge in [-0.1, -0.05) is 0 Å². The number of hydrogen-bond donors (Lipinski definition) is 2. The molecule has 0 aliphatic heterocycles. The highest BCUT2D eigenvalue weighted by atomic mass is 127. The molecule has 6 nitrogen and oxygen atoms in total. The summed E-state index contributed by atoms with van der Waals surface area (Å²) in [6, 6.07) is 0. The van der Waals surface area contributed by atoms with Crippen molar-refractivity contribution in [3.63, 3.8) is 0 Å². The van der Waals surface area contributed by atoms with Gasteiger partial charge in [0.25, 0.3) is 0 Å². The summed E-state index contributed by atoms with van der Waals surface area (Å²) in [4.78, 5) is 8.04. The van der Waals surface area contributed by atoms with E-state index in [4.69, 9.17) is 0 Å². The maximum atomic E-state index is 12.6. The van der Waals surface area contributed by atoms with Gasteiger partial charge in [0.2, 0.25) is 0 Å². The Hall–Kier alpha value is -1.37. The van der Waals surface area contributed by atoms with Gasteiger partial charge in [0.05, 0.1) is 10.7 Å². The lowest BCUT2D eigenvalue weighted by Gasteiger charge is -2.11. The molecule has 0 saturated heterocycles. The fraction of sp³-hybridized carbons (Fsp3) is 0.588. The minimum Gasteiger partial charge on any atom is -0.357 e. The van der Waals surface area contributed by atoms with Crippen molar-refractivity contribution in [2.75, 3.05) is 19.6 Å². The summed E-state index contributed by atoms with van der Waals surface area (Å²) in [5, 5.41) is 12.3. The number of thiazole rings is 1. The van der Waals surface area contributed by atoms with E-state index >= 15 is 0 Å². The third-order valence-electron chi connectivity index (χ3n) is 4.11. The van der Waals surface area contributed by atoms with Crippen molar-refractivity contribution < 1.29 is 13.2 Å². The molecule has 0 unspecified atom stereocenters. The van der Waals surface area contributed by atoms with E-state index < -0.39 is 11.9 Å². The standard InChI is InChI=1S/C17H25F3N6S.HI/c1-5-21-16(22-8-6-13-11(2)25-26(4)12(13)3)23-9-7-15-24-14(10-27-15)17(18,19)20;/h10H,5-9H2,1-4H3,(H2,21,22,23);1H. The van der Waals surface area contributed by atoms with Crippen molar-refractivity contribution in [3.8, 4) is 0 Å². The average Bonchev–Trinajstić information content (AvgIpc) is 3.15. The van der Waals surface area contributed by atoms with E-state index in [1.54, 1.807) is 0 Å². The molecule has 0 bridgehead atoms. The second-order valence-corrected chi connectivity index (χ2v) is 7.03. The van der Waals surface area contributed by atoms with Gasteiger partial charge in [0.1, 0.15) is 0 Å². The number of aliphatic imine (C=N–C) groups is 1. The summed E-state index contributed by atoms with van der Waals surface area (Å²) in [5.74, 6) is 0.643. The van der Waals surface area contributed by atoms with Gasteiger partial charge in [0, 0.05) is 44.2 Å². The number of alkyl halides is 3. The van der Waals surface area contributed by atoms with Crippen LogP contribution in [0.1, 0.15) is 34.6 Å². The first kappa shape index (κ1) is 24.7. The normalized spacial score (nSPS) is 12.0. The molecular weight excluding hydrogens is 504 g/mol. The second-order valence-electron chi connectivity index (χ2n) is 6.08. The number of halogens is 4. The highest BCUT2D eigenvalue weighted by Crippen LogP contribution is 2.30. The zero-order valence-corrected chi connectivity index (χ0v) is 19.5. The predicted octanol–water partition coefficient (Wildman–Crippen LogP) is 3.47. The van der Waals surface area contributed by atoms with E-state index in [0.29, 0.717) is 37.0 Å². The van der Waals surface area contributed by atoms with Crippen molar-refractivity contribution in [2.45, 2.75) is 39.8 Å². The molecule has 2 aromatic heterocycles. The fourth-order valence-electron chi connectivity index (χ4n) is 2.65. The number of aryl methyl sites for hydroxylation is 2. The molecule has 0 spiro atoms. The lowest BCUT2D eigenvalue weighted by atomic mass is 10.1. The van der Waals surface area contributed by atoms with Crippen LogP contribution in [0, 0.1) is 13.8 Å². The van der Waals surface area contributed by atoms with Crippen LogP contribution in [0.2, 0.25) is 0 Å². The molecule has 0 atom stereocenters. The van der Waals surface area contributed by atoms with Gasteiger partial charge < -0.3 is 10.6 Å². The number of rotatable bonds is 7. The van der Waals surface area contributed by atoms with Crippen LogP contribution >= 0.6 is 35.3 Å². The molecule has 2 heterocycles. The zero-order chi connectivity index (χ0) is 20.0. The number of hydrogen-bond acceptors (Lipinski definition) is 4. The Labute approximate surface area is 184 Å². The third kappa shape index (κ3) is 6.90. The quantitative estimate of drug-likeness (QED) is 0.327. The van der Waals surface area contributed by atoms with Crippen molar-refractivity contribution in [1.29, 1.82) is 0 Å². The molecule has 2 N–H and O–H groups in total. The number of nitrogens with zero attached hydrogens (tertiary/aromatic N) is 4. The monoisotopic (exact) mass is 530 g/mol. The Morgan fingerprint density at radius 2 is 1.96 bits per heavy atom. The van der Waals surface area contributed by atoms with Crippen LogP contribution in [-0.4, -0.2) is 40.4 Å². The number of guanidine groups is 1. The Morgan fingerprint density at radius 3 is 2.50 bits per heavy atom. The average molecular weight is 530 g/mol. The molecule has 158 valence electrons. The van der Waals surface area contributed by atoms with Crippen LogP contribution in [0.4, 0.5) is 13.2 Å². The first-order chi connectivity index (χ1) is 12.7. The van der Waals surface area contributed by atoms with Gasteiger partial charge in [-0.05, 0) is 32.8 Å². The van der Waals surface area contributed by atoms with Crippen LogP contribution in [0.15, 0.2) is 10.4 Å². The highest BCUT2D eigenvalue weighted by Gasteiger charge is 2.33. The molecule has 2 aromatic rings. The maximum Gasteiger partial charge on any atom is 0.434 e. The van der Waals surface area contributed by atoms with Crippen molar-refractivity contribution in [3.05, 3.63) is 33.0 Å². The van der Waals surface area contributed by atoms with Gasteiger partial charge in [-0.15, -0.1) is 35.3 Å². The predicted molar refractivity (Wildman–Crippen MR) is 117 cm³/mol. The lowest BCUT2D eigenvalue weighted by molar-refractivity contribution is -0.140. The smallest absolute Gasteiger partial charge is 0.357 e. The summed E-state index contributed by atoms with van der Waals surface area (Å²) < 4.78 is 39.6. The Kier molecular flexibility index (Phi) is 9.67. The maximum absolute atomic E-state index is 12.6. The van der Waals surface area contributed by atoms with Gasteiger partial charge in [0.15, 0.2) is 11.7 Å². The van der Waals surface area contributed by atoms with Gasteiger partial charge in [-0.2, -0.15) is 18.3 Å². The van der Waals surface area contributed by atoms with E-state index in [2.05, 4.69) is 25.7 Å². The molecular formula is C17H26F3IN6S. The van der Waals surface area contributed by atoms with Crippen molar-refractivity contribution in [1.82, 2.24) is 25.4 Å². The Bertz CT molecular complexity index is 784. The number of nitrogens with one attached hydrogen (secondary N) is 2. The SMILES string of the molecule is CCNC(=NCCc1nc(C(F)(F)F)cs1)NCCc1c(C)nn(C)c1C.I.